The average Bonchev–Trinajstić information content (AvgIpc) is 2.68. The summed E-state index contributed by atoms with van der Waals surface area (Å²) in [6.07, 6.45) is 0.586. The van der Waals surface area contributed by atoms with Crippen LogP contribution in [0, 0.1) is 30.3 Å². The van der Waals surface area contributed by atoms with Crippen molar-refractivity contribution in [3.8, 4) is 5.75 Å². The second kappa shape index (κ2) is 10.4. The molecule has 3 N–H and O–H groups in total. The van der Waals surface area contributed by atoms with E-state index in [1.165, 1.54) is 7.11 Å². The highest BCUT2D eigenvalue weighted by Crippen LogP contribution is 2.45. The van der Waals surface area contributed by atoms with Crippen molar-refractivity contribution in [1.29, 1.82) is 0 Å². The first-order valence-corrected chi connectivity index (χ1v) is 10.3. The summed E-state index contributed by atoms with van der Waals surface area (Å²) in [6, 6.07) is 10.7. The van der Waals surface area contributed by atoms with Crippen LogP contribution in [0.5, 0.6) is 5.75 Å². The Balaban J connectivity index is 0.000000303. The van der Waals surface area contributed by atoms with Gasteiger partial charge in [0.05, 0.1) is 32.7 Å². The molecule has 0 amide bonds. The minimum atomic E-state index is -2.65. The summed E-state index contributed by atoms with van der Waals surface area (Å²) in [5.74, 6) is -1.63. The molecule has 0 aliphatic rings. The van der Waals surface area contributed by atoms with Crippen LogP contribution in [-0.2, 0) is 15.5 Å². The number of hydrogen-bond donors (Lipinski definition) is 2. The molecular formula is C16H19N4O9P. The molecule has 162 valence electrons. The van der Waals surface area contributed by atoms with Gasteiger partial charge in [-0.05, 0) is 12.0 Å². The first-order valence-electron chi connectivity index (χ1n) is 8.13. The Bertz CT molecular complexity index is 949. The standard InChI is InChI=1S/C10H16NO2P.C6H3N3O7/c1-13-14(2,12)10(11)8-9-6-4-3-5-7-9;10-6-4(8(13)14)1-3(7(11)12)2-5(6)9(15)16/h3-7,10H,8,11H2,1-2H3;1-2,10H. The van der Waals surface area contributed by atoms with E-state index >= 15 is 0 Å². The molecule has 2 rings (SSSR count). The van der Waals surface area contributed by atoms with Crippen molar-refractivity contribution >= 4 is 24.4 Å². The number of aromatic hydroxyl groups is 1. The summed E-state index contributed by atoms with van der Waals surface area (Å²) in [6.45, 7) is 1.57. The Morgan fingerprint density at radius 1 is 1.03 bits per heavy atom. The maximum Gasteiger partial charge on any atom is 0.324 e. The number of nitro groups is 3. The third-order valence-electron chi connectivity index (χ3n) is 3.91. The van der Waals surface area contributed by atoms with E-state index in [9.17, 15) is 34.9 Å². The van der Waals surface area contributed by atoms with Gasteiger partial charge in [-0.1, -0.05) is 30.3 Å². The van der Waals surface area contributed by atoms with Gasteiger partial charge in [0.15, 0.2) is 0 Å². The third-order valence-corrected chi connectivity index (χ3v) is 6.02. The van der Waals surface area contributed by atoms with Crippen molar-refractivity contribution in [1.82, 2.24) is 0 Å². The molecule has 0 radical (unpaired) electrons. The minimum Gasteiger partial charge on any atom is -0.497 e. The van der Waals surface area contributed by atoms with Crippen LogP contribution in [0.1, 0.15) is 5.56 Å². The average molecular weight is 442 g/mol. The Labute approximate surface area is 170 Å². The molecule has 0 spiro atoms. The lowest BCUT2D eigenvalue weighted by Gasteiger charge is -2.18. The van der Waals surface area contributed by atoms with Crippen LogP contribution in [0.15, 0.2) is 42.5 Å². The molecule has 2 aromatic carbocycles. The van der Waals surface area contributed by atoms with Gasteiger partial charge in [-0.25, -0.2) is 0 Å². The predicted molar refractivity (Wildman–Crippen MR) is 107 cm³/mol. The molecule has 0 fully saturated rings. The van der Waals surface area contributed by atoms with E-state index < -0.39 is 50.7 Å². The molecule has 14 heteroatoms. The largest absolute Gasteiger partial charge is 0.497 e. The third kappa shape index (κ3) is 6.58. The summed E-state index contributed by atoms with van der Waals surface area (Å²) in [7, 11) is -1.22. The zero-order valence-electron chi connectivity index (χ0n) is 15.9. The van der Waals surface area contributed by atoms with Gasteiger partial charge < -0.3 is 15.4 Å². The van der Waals surface area contributed by atoms with Gasteiger partial charge in [-0.15, -0.1) is 0 Å². The molecule has 0 aromatic heterocycles. The van der Waals surface area contributed by atoms with Crippen LogP contribution < -0.4 is 5.73 Å². The molecule has 0 bridgehead atoms. The number of nitro benzene ring substituents is 3. The van der Waals surface area contributed by atoms with Crippen LogP contribution in [0.2, 0.25) is 0 Å². The van der Waals surface area contributed by atoms with Crippen LogP contribution in [-0.4, -0.2) is 39.4 Å². The quantitative estimate of drug-likeness (QED) is 0.364. The smallest absolute Gasteiger partial charge is 0.324 e. The lowest BCUT2D eigenvalue weighted by Crippen LogP contribution is -2.23. The molecule has 0 aliphatic heterocycles. The van der Waals surface area contributed by atoms with E-state index in [1.807, 2.05) is 30.3 Å². The monoisotopic (exact) mass is 442 g/mol. The van der Waals surface area contributed by atoms with Gasteiger partial charge in [0, 0.05) is 13.8 Å². The second-order valence-corrected chi connectivity index (χ2v) is 8.80. The first-order chi connectivity index (χ1) is 13.9. The lowest BCUT2D eigenvalue weighted by molar-refractivity contribution is -0.404. The number of phenols is 1. The maximum absolute atomic E-state index is 11.7. The molecule has 30 heavy (non-hydrogen) atoms. The van der Waals surface area contributed by atoms with Crippen molar-refractivity contribution < 1.29 is 29.0 Å². The number of hydrogen-bond acceptors (Lipinski definition) is 10. The van der Waals surface area contributed by atoms with Gasteiger partial charge in [-0.2, -0.15) is 0 Å². The topological polar surface area (TPSA) is 202 Å². The van der Waals surface area contributed by atoms with E-state index in [2.05, 4.69) is 0 Å². The van der Waals surface area contributed by atoms with E-state index in [1.54, 1.807) is 6.66 Å². The lowest BCUT2D eigenvalue weighted by atomic mass is 10.1. The van der Waals surface area contributed by atoms with E-state index in [0.717, 1.165) is 5.56 Å². The van der Waals surface area contributed by atoms with E-state index in [0.29, 0.717) is 18.6 Å². The fraction of sp³-hybridized carbons (Fsp3) is 0.250. The highest BCUT2D eigenvalue weighted by molar-refractivity contribution is 7.58. The Hall–Kier alpha value is -3.41. The van der Waals surface area contributed by atoms with Gasteiger partial charge in [0.2, 0.25) is 7.37 Å². The van der Waals surface area contributed by atoms with Gasteiger partial charge in [0.1, 0.15) is 0 Å². The number of rotatable bonds is 7. The first kappa shape index (κ1) is 24.6. The molecule has 0 saturated heterocycles. The van der Waals surface area contributed by atoms with Crippen molar-refractivity contribution in [3.63, 3.8) is 0 Å². The minimum absolute atomic E-state index is 0.421. The van der Waals surface area contributed by atoms with Crippen molar-refractivity contribution in [3.05, 3.63) is 78.4 Å². The number of nitrogens with zero attached hydrogens (tertiary/aromatic N) is 3. The van der Waals surface area contributed by atoms with Crippen LogP contribution >= 0.6 is 7.37 Å². The Kier molecular flexibility index (Phi) is 8.53. The molecule has 2 atom stereocenters. The summed E-state index contributed by atoms with van der Waals surface area (Å²) < 4.78 is 16.6. The second-order valence-electron chi connectivity index (χ2n) is 5.95. The van der Waals surface area contributed by atoms with Crippen molar-refractivity contribution in [2.45, 2.75) is 12.2 Å². The highest BCUT2D eigenvalue weighted by Gasteiger charge is 2.30. The summed E-state index contributed by atoms with van der Waals surface area (Å²) in [5, 5.41) is 40.2. The number of phenolic OH excluding ortho intramolecular Hbond substituents is 1. The Morgan fingerprint density at radius 3 is 1.87 bits per heavy atom. The molecular weight excluding hydrogens is 423 g/mol. The van der Waals surface area contributed by atoms with Gasteiger partial charge in [0.25, 0.3) is 11.4 Å². The van der Waals surface area contributed by atoms with Gasteiger partial charge >= 0.3 is 11.4 Å². The molecule has 2 aromatic rings. The molecule has 0 heterocycles. The zero-order chi connectivity index (χ0) is 23.1. The number of non-ortho nitro benzene ring substituents is 1. The summed E-state index contributed by atoms with van der Waals surface area (Å²) >= 11 is 0. The number of benzene rings is 2. The van der Waals surface area contributed by atoms with Crippen molar-refractivity contribution in [2.24, 2.45) is 5.73 Å². The highest BCUT2D eigenvalue weighted by atomic mass is 31.2. The van der Waals surface area contributed by atoms with E-state index in [4.69, 9.17) is 15.4 Å². The fourth-order valence-corrected chi connectivity index (χ4v) is 2.94. The normalized spacial score (nSPS) is 13.3. The maximum atomic E-state index is 11.7. The van der Waals surface area contributed by atoms with Crippen LogP contribution in [0.25, 0.3) is 0 Å². The Morgan fingerprint density at radius 2 is 1.50 bits per heavy atom. The predicted octanol–water partition coefficient (Wildman–Crippen LogP) is 3.19. The fourth-order valence-electron chi connectivity index (χ4n) is 2.13. The van der Waals surface area contributed by atoms with Crippen LogP contribution in [0.4, 0.5) is 17.1 Å². The van der Waals surface area contributed by atoms with Gasteiger partial charge in [-0.3, -0.25) is 34.9 Å². The summed E-state index contributed by atoms with van der Waals surface area (Å²) in [4.78, 5) is 27.8. The number of nitrogens with two attached hydrogens (primary N) is 1. The summed E-state index contributed by atoms with van der Waals surface area (Å²) in [5.41, 5.74) is 3.89. The van der Waals surface area contributed by atoms with E-state index in [-0.39, 0.29) is 0 Å². The SMILES string of the molecule is COP(C)(=O)C(N)Cc1ccccc1.O=[N+]([O-])c1cc([N+](=O)[O-])c(O)c([N+](=O)[O-])c1. The molecule has 2 unspecified atom stereocenters. The van der Waals surface area contributed by atoms with Crippen LogP contribution in [0.3, 0.4) is 0 Å². The molecule has 13 nitrogen and oxygen atoms in total. The molecule has 0 aliphatic carbocycles. The van der Waals surface area contributed by atoms with Crippen molar-refractivity contribution in [2.75, 3.05) is 13.8 Å². The zero-order valence-corrected chi connectivity index (χ0v) is 16.8. The molecule has 0 saturated carbocycles.